The van der Waals surface area contributed by atoms with Gasteiger partial charge in [0.2, 0.25) is 0 Å². The van der Waals surface area contributed by atoms with E-state index in [0.717, 1.165) is 37.2 Å². The molecule has 3 atom stereocenters. The fourth-order valence-electron chi connectivity index (χ4n) is 5.46. The van der Waals surface area contributed by atoms with Crippen molar-refractivity contribution in [2.75, 3.05) is 6.54 Å². The number of hydrogen-bond donors (Lipinski definition) is 1. The second kappa shape index (κ2) is 7.77. The Bertz CT molecular complexity index is 922. The zero-order chi connectivity index (χ0) is 19.7. The summed E-state index contributed by atoms with van der Waals surface area (Å²) in [5.41, 5.74) is 2.83. The molecule has 1 saturated heterocycles. The minimum absolute atomic E-state index is 0.316. The summed E-state index contributed by atoms with van der Waals surface area (Å²) in [6.07, 6.45) is 9.37. The highest BCUT2D eigenvalue weighted by molar-refractivity contribution is 5.34. The van der Waals surface area contributed by atoms with Gasteiger partial charge < -0.3 is 5.11 Å². The van der Waals surface area contributed by atoms with Crippen LogP contribution in [0.2, 0.25) is 0 Å². The highest BCUT2D eigenvalue weighted by Gasteiger charge is 2.48. The summed E-state index contributed by atoms with van der Waals surface area (Å²) in [6, 6.07) is 21.5. The van der Waals surface area contributed by atoms with E-state index in [1.807, 2.05) is 23.0 Å². The lowest BCUT2D eigenvalue weighted by Gasteiger charge is -2.52. The number of piperidine rings is 1. The molecule has 0 bridgehead atoms. The second-order valence-corrected chi connectivity index (χ2v) is 8.59. The molecule has 150 valence electrons. The Labute approximate surface area is 172 Å². The van der Waals surface area contributed by atoms with E-state index in [-0.39, 0.29) is 0 Å². The van der Waals surface area contributed by atoms with Gasteiger partial charge in [-0.25, -0.2) is 4.68 Å². The lowest BCUT2D eigenvalue weighted by molar-refractivity contribution is -0.123. The predicted octanol–water partition coefficient (Wildman–Crippen LogP) is 4.52. The number of benzene rings is 2. The number of likely N-dealkylation sites (tertiary alicyclic amines) is 1. The van der Waals surface area contributed by atoms with Crippen LogP contribution in [0.4, 0.5) is 0 Å². The van der Waals surface area contributed by atoms with E-state index >= 15 is 0 Å². The number of aromatic nitrogens is 2. The topological polar surface area (TPSA) is 41.3 Å². The average molecular weight is 388 g/mol. The molecule has 2 fully saturated rings. The predicted molar refractivity (Wildman–Crippen MR) is 115 cm³/mol. The van der Waals surface area contributed by atoms with E-state index in [1.165, 1.54) is 24.8 Å². The third-order valence-corrected chi connectivity index (χ3v) is 6.96. The van der Waals surface area contributed by atoms with Crippen molar-refractivity contribution in [3.63, 3.8) is 0 Å². The van der Waals surface area contributed by atoms with Gasteiger partial charge in [-0.15, -0.1) is 0 Å². The van der Waals surface area contributed by atoms with Crippen molar-refractivity contribution in [2.24, 2.45) is 5.92 Å². The molecule has 0 radical (unpaired) electrons. The molecule has 2 aromatic carbocycles. The van der Waals surface area contributed by atoms with Crippen molar-refractivity contribution in [2.45, 2.75) is 50.3 Å². The zero-order valence-corrected chi connectivity index (χ0v) is 16.8. The van der Waals surface area contributed by atoms with E-state index in [4.69, 9.17) is 0 Å². The summed E-state index contributed by atoms with van der Waals surface area (Å²) in [7, 11) is 0. The molecule has 2 aliphatic rings. The van der Waals surface area contributed by atoms with Gasteiger partial charge >= 0.3 is 0 Å². The van der Waals surface area contributed by atoms with Crippen LogP contribution in [-0.4, -0.2) is 32.4 Å². The standard InChI is InChI=1S/C25H29N3O/c29-25(21-7-2-1-3-8-21)15-18-27(24-10-5-4-9-23(24)25)19-20-11-13-22(14-12-20)28-17-6-16-26-28/h1-3,6-8,11-14,16-17,23-24,29H,4-5,9-10,15,18-19H2/t23-,24-,25+/m0/s1. The van der Waals surface area contributed by atoms with E-state index in [1.54, 1.807) is 6.20 Å². The summed E-state index contributed by atoms with van der Waals surface area (Å²) >= 11 is 0. The Balaban J connectivity index is 1.35. The largest absolute Gasteiger partial charge is 0.385 e. The van der Waals surface area contributed by atoms with E-state index in [9.17, 15) is 5.11 Å². The summed E-state index contributed by atoms with van der Waals surface area (Å²) in [5.74, 6) is 0.316. The van der Waals surface area contributed by atoms with Crippen LogP contribution in [0.3, 0.4) is 0 Å². The van der Waals surface area contributed by atoms with Gasteiger partial charge in [-0.05, 0) is 48.6 Å². The van der Waals surface area contributed by atoms with Gasteiger partial charge in [0.15, 0.2) is 0 Å². The molecule has 1 aliphatic heterocycles. The highest BCUT2D eigenvalue weighted by Crippen LogP contribution is 2.47. The van der Waals surface area contributed by atoms with Crippen LogP contribution in [0.1, 0.15) is 43.2 Å². The van der Waals surface area contributed by atoms with Gasteiger partial charge in [0.1, 0.15) is 0 Å². The summed E-state index contributed by atoms with van der Waals surface area (Å²) in [4.78, 5) is 2.62. The number of rotatable bonds is 4. The monoisotopic (exact) mass is 387 g/mol. The lowest BCUT2D eigenvalue weighted by Crippen LogP contribution is -2.57. The van der Waals surface area contributed by atoms with Gasteiger partial charge in [0, 0.05) is 37.4 Å². The first-order valence-corrected chi connectivity index (χ1v) is 10.8. The molecule has 0 amide bonds. The minimum atomic E-state index is -0.688. The van der Waals surface area contributed by atoms with Crippen molar-refractivity contribution >= 4 is 0 Å². The average Bonchev–Trinajstić information content (AvgIpc) is 3.32. The Hall–Kier alpha value is -2.43. The fourth-order valence-corrected chi connectivity index (χ4v) is 5.46. The number of hydrogen-bond acceptors (Lipinski definition) is 3. The molecule has 1 saturated carbocycles. The van der Waals surface area contributed by atoms with Crippen LogP contribution >= 0.6 is 0 Å². The Morgan fingerprint density at radius 3 is 2.52 bits per heavy atom. The van der Waals surface area contributed by atoms with Crippen LogP contribution in [0, 0.1) is 5.92 Å². The van der Waals surface area contributed by atoms with Crippen molar-refractivity contribution in [1.82, 2.24) is 14.7 Å². The minimum Gasteiger partial charge on any atom is -0.385 e. The maximum Gasteiger partial charge on any atom is 0.0951 e. The molecule has 0 unspecified atom stereocenters. The molecule has 0 spiro atoms. The lowest BCUT2D eigenvalue weighted by atomic mass is 9.66. The smallest absolute Gasteiger partial charge is 0.0951 e. The molecule has 2 heterocycles. The van der Waals surface area contributed by atoms with Gasteiger partial charge in [-0.3, -0.25) is 4.90 Å². The van der Waals surface area contributed by atoms with Crippen molar-refractivity contribution in [1.29, 1.82) is 0 Å². The molecule has 1 N–H and O–H groups in total. The van der Waals surface area contributed by atoms with Gasteiger partial charge in [-0.2, -0.15) is 5.10 Å². The first-order chi connectivity index (χ1) is 14.2. The normalized spacial score (nSPS) is 27.5. The maximum absolute atomic E-state index is 11.7. The number of aliphatic hydroxyl groups is 1. The Kier molecular flexibility index (Phi) is 4.98. The van der Waals surface area contributed by atoms with E-state index < -0.39 is 5.60 Å². The Morgan fingerprint density at radius 2 is 1.76 bits per heavy atom. The van der Waals surface area contributed by atoms with Gasteiger partial charge in [-0.1, -0.05) is 55.3 Å². The Morgan fingerprint density at radius 1 is 0.966 bits per heavy atom. The summed E-state index contributed by atoms with van der Waals surface area (Å²) in [5, 5.41) is 16.0. The molecular weight excluding hydrogens is 358 g/mol. The van der Waals surface area contributed by atoms with Crippen LogP contribution in [0.15, 0.2) is 73.1 Å². The summed E-state index contributed by atoms with van der Waals surface area (Å²) < 4.78 is 1.89. The van der Waals surface area contributed by atoms with Crippen molar-refractivity contribution in [3.8, 4) is 5.69 Å². The molecule has 1 aliphatic carbocycles. The molecule has 1 aromatic heterocycles. The fraction of sp³-hybridized carbons (Fsp3) is 0.400. The zero-order valence-electron chi connectivity index (χ0n) is 16.8. The van der Waals surface area contributed by atoms with Crippen LogP contribution in [-0.2, 0) is 12.1 Å². The number of fused-ring (bicyclic) bond motifs is 1. The first-order valence-electron chi connectivity index (χ1n) is 10.8. The molecule has 29 heavy (non-hydrogen) atoms. The van der Waals surface area contributed by atoms with Gasteiger partial charge in [0.25, 0.3) is 0 Å². The van der Waals surface area contributed by atoms with E-state index in [2.05, 4.69) is 58.5 Å². The quantitative estimate of drug-likeness (QED) is 0.715. The summed E-state index contributed by atoms with van der Waals surface area (Å²) in [6.45, 7) is 1.89. The van der Waals surface area contributed by atoms with Crippen LogP contribution < -0.4 is 0 Å². The van der Waals surface area contributed by atoms with E-state index in [0.29, 0.717) is 12.0 Å². The molecule has 4 nitrogen and oxygen atoms in total. The second-order valence-electron chi connectivity index (χ2n) is 8.59. The third-order valence-electron chi connectivity index (χ3n) is 6.96. The highest BCUT2D eigenvalue weighted by atomic mass is 16.3. The number of nitrogens with zero attached hydrogens (tertiary/aromatic N) is 3. The molecule has 4 heteroatoms. The molecule has 3 aromatic rings. The van der Waals surface area contributed by atoms with Crippen LogP contribution in [0.25, 0.3) is 5.69 Å². The third kappa shape index (κ3) is 3.52. The van der Waals surface area contributed by atoms with Crippen molar-refractivity contribution < 1.29 is 5.11 Å². The maximum atomic E-state index is 11.7. The van der Waals surface area contributed by atoms with Crippen LogP contribution in [0.5, 0.6) is 0 Å². The molecule has 5 rings (SSSR count). The van der Waals surface area contributed by atoms with Crippen molar-refractivity contribution in [3.05, 3.63) is 84.2 Å². The molecular formula is C25H29N3O. The van der Waals surface area contributed by atoms with Gasteiger partial charge in [0.05, 0.1) is 11.3 Å². The SMILES string of the molecule is O[C@@]1(c2ccccc2)CCN(Cc2ccc(-n3cccn3)cc2)[C@H]2CCCC[C@@H]21. The first kappa shape index (κ1) is 18.6.